The van der Waals surface area contributed by atoms with E-state index in [9.17, 15) is 4.79 Å². The summed E-state index contributed by atoms with van der Waals surface area (Å²) in [5.74, 6) is 1.34. The van der Waals surface area contributed by atoms with Gasteiger partial charge in [0.1, 0.15) is 0 Å². The number of amides is 1. The summed E-state index contributed by atoms with van der Waals surface area (Å²) in [6, 6.07) is 0. The zero-order valence-electron chi connectivity index (χ0n) is 9.96. The molecule has 2 nitrogen and oxygen atoms in total. The van der Waals surface area contributed by atoms with Crippen LogP contribution in [0.2, 0.25) is 0 Å². The normalized spacial score (nSPS) is 26.8. The van der Waals surface area contributed by atoms with Crippen LogP contribution in [0.25, 0.3) is 0 Å². The fourth-order valence-electron chi connectivity index (χ4n) is 2.21. The minimum Gasteiger partial charge on any atom is -0.333 e. The van der Waals surface area contributed by atoms with Gasteiger partial charge in [-0.25, -0.2) is 0 Å². The van der Waals surface area contributed by atoms with Gasteiger partial charge in [-0.1, -0.05) is 26.3 Å². The molecule has 0 radical (unpaired) electrons. The highest BCUT2D eigenvalue weighted by molar-refractivity contribution is 5.79. The Labute approximate surface area is 93.1 Å². The molecule has 1 fully saturated rings. The Bertz CT molecular complexity index is 215. The Morgan fingerprint density at radius 1 is 1.27 bits per heavy atom. The van der Waals surface area contributed by atoms with Crippen molar-refractivity contribution >= 4 is 5.91 Å². The van der Waals surface area contributed by atoms with E-state index in [2.05, 4.69) is 19.2 Å². The van der Waals surface area contributed by atoms with Gasteiger partial charge in [-0.15, -0.1) is 0 Å². The molecular weight excluding hydrogens is 186 g/mol. The van der Waals surface area contributed by atoms with Crippen LogP contribution >= 0.6 is 0 Å². The minimum atomic E-state index is 0.217. The van der Waals surface area contributed by atoms with E-state index in [0.29, 0.717) is 0 Å². The smallest absolute Gasteiger partial charge is 0.227 e. The number of rotatable bonds is 4. The van der Waals surface area contributed by atoms with Crippen molar-refractivity contribution in [2.45, 2.75) is 52.4 Å². The third-order valence-corrected chi connectivity index (χ3v) is 3.37. The van der Waals surface area contributed by atoms with E-state index in [1.165, 1.54) is 19.3 Å². The molecule has 1 aliphatic carbocycles. The van der Waals surface area contributed by atoms with Crippen molar-refractivity contribution in [2.75, 3.05) is 0 Å². The maximum atomic E-state index is 11.7. The van der Waals surface area contributed by atoms with E-state index in [0.717, 1.165) is 25.2 Å². The Balaban J connectivity index is 2.27. The summed E-state index contributed by atoms with van der Waals surface area (Å²) in [6.07, 6.45) is 10.6. The summed E-state index contributed by atoms with van der Waals surface area (Å²) in [6.45, 7) is 4.31. The largest absolute Gasteiger partial charge is 0.333 e. The molecule has 1 amide bonds. The van der Waals surface area contributed by atoms with E-state index in [4.69, 9.17) is 0 Å². The number of allylic oxidation sites excluding steroid dienone is 1. The summed E-state index contributed by atoms with van der Waals surface area (Å²) in [7, 11) is 0. The number of carbonyl (C=O) groups excluding carboxylic acids is 1. The minimum absolute atomic E-state index is 0.217. The molecular formula is C13H23NO. The molecule has 0 atom stereocenters. The molecule has 0 aromatic rings. The van der Waals surface area contributed by atoms with Crippen LogP contribution in [-0.2, 0) is 4.79 Å². The van der Waals surface area contributed by atoms with Crippen molar-refractivity contribution in [3.05, 3.63) is 12.3 Å². The van der Waals surface area contributed by atoms with Gasteiger partial charge >= 0.3 is 0 Å². The maximum absolute atomic E-state index is 11.7. The molecule has 0 bridgehead atoms. The first-order valence-electron chi connectivity index (χ1n) is 6.23. The zero-order valence-corrected chi connectivity index (χ0v) is 9.96. The SMILES string of the molecule is CCC=CNC(=O)C1CCC(CC)CC1. The second kappa shape index (κ2) is 6.65. The van der Waals surface area contributed by atoms with Crippen LogP contribution in [0, 0.1) is 11.8 Å². The summed E-state index contributed by atoms with van der Waals surface area (Å²) >= 11 is 0. The van der Waals surface area contributed by atoms with Crippen LogP contribution < -0.4 is 5.32 Å². The lowest BCUT2D eigenvalue weighted by Crippen LogP contribution is -2.29. The Morgan fingerprint density at radius 2 is 1.93 bits per heavy atom. The highest BCUT2D eigenvalue weighted by Crippen LogP contribution is 2.30. The van der Waals surface area contributed by atoms with Gasteiger partial charge in [0.15, 0.2) is 0 Å². The number of nitrogens with one attached hydrogen (secondary N) is 1. The maximum Gasteiger partial charge on any atom is 0.227 e. The summed E-state index contributed by atoms with van der Waals surface area (Å²) < 4.78 is 0. The molecule has 0 spiro atoms. The van der Waals surface area contributed by atoms with E-state index >= 15 is 0 Å². The number of carbonyl (C=O) groups is 1. The summed E-state index contributed by atoms with van der Waals surface area (Å²) in [5.41, 5.74) is 0. The number of hydrogen-bond donors (Lipinski definition) is 1. The van der Waals surface area contributed by atoms with Gasteiger partial charge in [0.2, 0.25) is 5.91 Å². The molecule has 1 saturated carbocycles. The summed E-state index contributed by atoms with van der Waals surface area (Å²) in [5, 5.41) is 2.87. The van der Waals surface area contributed by atoms with Gasteiger partial charge in [0.25, 0.3) is 0 Å². The van der Waals surface area contributed by atoms with Crippen LogP contribution in [0.5, 0.6) is 0 Å². The quantitative estimate of drug-likeness (QED) is 0.756. The molecule has 15 heavy (non-hydrogen) atoms. The Morgan fingerprint density at radius 3 is 2.47 bits per heavy atom. The van der Waals surface area contributed by atoms with Gasteiger partial charge < -0.3 is 5.32 Å². The second-order valence-electron chi connectivity index (χ2n) is 4.45. The molecule has 0 saturated heterocycles. The third-order valence-electron chi connectivity index (χ3n) is 3.37. The van der Waals surface area contributed by atoms with E-state index in [1.54, 1.807) is 6.20 Å². The van der Waals surface area contributed by atoms with Crippen LogP contribution in [-0.4, -0.2) is 5.91 Å². The molecule has 0 unspecified atom stereocenters. The van der Waals surface area contributed by atoms with Gasteiger partial charge in [0, 0.05) is 5.92 Å². The molecule has 86 valence electrons. The average Bonchev–Trinajstić information content (AvgIpc) is 2.29. The highest BCUT2D eigenvalue weighted by Gasteiger charge is 2.24. The van der Waals surface area contributed by atoms with Crippen molar-refractivity contribution in [2.24, 2.45) is 11.8 Å². The molecule has 2 heteroatoms. The van der Waals surface area contributed by atoms with Gasteiger partial charge in [-0.3, -0.25) is 4.79 Å². The molecule has 0 aromatic carbocycles. The third kappa shape index (κ3) is 4.06. The first-order valence-corrected chi connectivity index (χ1v) is 6.23. The molecule has 1 N–H and O–H groups in total. The first-order chi connectivity index (χ1) is 7.27. The molecule has 0 aliphatic heterocycles. The summed E-state index contributed by atoms with van der Waals surface area (Å²) in [4.78, 5) is 11.7. The Hall–Kier alpha value is -0.790. The van der Waals surface area contributed by atoms with Crippen LogP contribution in [0.15, 0.2) is 12.3 Å². The van der Waals surface area contributed by atoms with Gasteiger partial charge in [0.05, 0.1) is 0 Å². The number of hydrogen-bond acceptors (Lipinski definition) is 1. The molecule has 1 aliphatic rings. The molecule has 1 rings (SSSR count). The van der Waals surface area contributed by atoms with Crippen LogP contribution in [0.3, 0.4) is 0 Å². The van der Waals surface area contributed by atoms with E-state index in [-0.39, 0.29) is 11.8 Å². The van der Waals surface area contributed by atoms with Gasteiger partial charge in [-0.05, 0) is 44.2 Å². The van der Waals surface area contributed by atoms with Crippen molar-refractivity contribution in [1.82, 2.24) is 5.32 Å². The zero-order chi connectivity index (χ0) is 11.1. The fraction of sp³-hybridized carbons (Fsp3) is 0.769. The highest BCUT2D eigenvalue weighted by atomic mass is 16.1. The van der Waals surface area contributed by atoms with Crippen molar-refractivity contribution in [3.63, 3.8) is 0 Å². The van der Waals surface area contributed by atoms with Gasteiger partial charge in [-0.2, -0.15) is 0 Å². The topological polar surface area (TPSA) is 29.1 Å². The molecule has 0 heterocycles. The monoisotopic (exact) mass is 209 g/mol. The molecule has 0 aromatic heterocycles. The van der Waals surface area contributed by atoms with E-state index in [1.807, 2.05) is 6.08 Å². The van der Waals surface area contributed by atoms with Crippen LogP contribution in [0.4, 0.5) is 0 Å². The predicted octanol–water partition coefficient (Wildman–Crippen LogP) is 3.24. The van der Waals surface area contributed by atoms with Crippen LogP contribution in [0.1, 0.15) is 52.4 Å². The predicted molar refractivity (Wildman–Crippen MR) is 63.3 cm³/mol. The fourth-order valence-corrected chi connectivity index (χ4v) is 2.21. The lowest BCUT2D eigenvalue weighted by Gasteiger charge is -2.26. The van der Waals surface area contributed by atoms with E-state index < -0.39 is 0 Å². The van der Waals surface area contributed by atoms with Crippen molar-refractivity contribution in [3.8, 4) is 0 Å². The first kappa shape index (κ1) is 12.3. The van der Waals surface area contributed by atoms with Crippen molar-refractivity contribution < 1.29 is 4.79 Å². The second-order valence-corrected chi connectivity index (χ2v) is 4.45. The lowest BCUT2D eigenvalue weighted by molar-refractivity contribution is -0.125. The lowest BCUT2D eigenvalue weighted by atomic mass is 9.80. The average molecular weight is 209 g/mol. The standard InChI is InChI=1S/C13H23NO/c1-3-5-10-14-13(15)12-8-6-11(4-2)7-9-12/h5,10-12H,3-4,6-9H2,1-2H3,(H,14,15). The van der Waals surface area contributed by atoms with Crippen molar-refractivity contribution in [1.29, 1.82) is 0 Å². The Kier molecular flexibility index (Phi) is 5.44.